The van der Waals surface area contributed by atoms with Crippen molar-refractivity contribution < 1.29 is 9.53 Å². The summed E-state index contributed by atoms with van der Waals surface area (Å²) in [4.78, 5) is 12.8. The third-order valence-electron chi connectivity index (χ3n) is 5.34. The molecule has 4 nitrogen and oxygen atoms in total. The molecule has 2 aliphatic rings. The highest BCUT2D eigenvalue weighted by Gasteiger charge is 2.58. The second-order valence-electron chi connectivity index (χ2n) is 7.84. The lowest BCUT2D eigenvalue weighted by Gasteiger charge is -2.29. The smallest absolute Gasteiger partial charge is 0.215 e. The van der Waals surface area contributed by atoms with Crippen LogP contribution in [-0.2, 0) is 9.53 Å². The largest absolute Gasteiger partial charge is 0.486 e. The Balaban J connectivity index is 1.93. The van der Waals surface area contributed by atoms with E-state index in [-0.39, 0.29) is 16.8 Å². The van der Waals surface area contributed by atoms with Crippen LogP contribution in [0.2, 0.25) is 0 Å². The van der Waals surface area contributed by atoms with Crippen LogP contribution in [0.4, 0.5) is 0 Å². The molecule has 26 heavy (non-hydrogen) atoms. The zero-order valence-electron chi connectivity index (χ0n) is 14.7. The van der Waals surface area contributed by atoms with Crippen molar-refractivity contribution in [1.82, 2.24) is 0 Å². The molecule has 1 atom stereocenters. The summed E-state index contributed by atoms with van der Waals surface area (Å²) in [6.45, 7) is 4.01. The first-order chi connectivity index (χ1) is 12.4. The topological polar surface area (TPSA) is 73.9 Å². The summed E-state index contributed by atoms with van der Waals surface area (Å²) in [6, 6.07) is 17.8. The fourth-order valence-corrected chi connectivity index (χ4v) is 4.20. The van der Waals surface area contributed by atoms with Crippen LogP contribution < -0.4 is 0 Å². The first kappa shape index (κ1) is 16.4. The van der Waals surface area contributed by atoms with E-state index in [2.05, 4.69) is 12.1 Å². The summed E-state index contributed by atoms with van der Waals surface area (Å²) in [5.74, 6) is 0.356. The zero-order valence-corrected chi connectivity index (χ0v) is 14.7. The van der Waals surface area contributed by atoms with Crippen LogP contribution in [0.5, 0.6) is 0 Å². The third kappa shape index (κ3) is 2.16. The SMILES string of the molecule is CC1(C)CC(=O)C2=C(C1)OC(c1cccc3ccccc13)C2(C#N)C#N. The molecule has 0 saturated carbocycles. The molecule has 0 spiro atoms. The molecule has 2 aromatic rings. The maximum absolute atomic E-state index is 12.8. The number of Topliss-reactive ketones (excluding diaryl/α,β-unsaturated/α-hetero) is 1. The monoisotopic (exact) mass is 342 g/mol. The molecule has 4 rings (SSSR count). The van der Waals surface area contributed by atoms with E-state index in [1.165, 1.54) is 0 Å². The van der Waals surface area contributed by atoms with Crippen molar-refractivity contribution in [2.45, 2.75) is 32.8 Å². The van der Waals surface area contributed by atoms with Crippen molar-refractivity contribution in [3.05, 3.63) is 59.4 Å². The fourth-order valence-electron chi connectivity index (χ4n) is 4.20. The van der Waals surface area contributed by atoms with Crippen molar-refractivity contribution in [2.75, 3.05) is 0 Å². The average Bonchev–Trinajstić information content (AvgIpc) is 2.94. The summed E-state index contributed by atoms with van der Waals surface area (Å²) in [6.07, 6.45) is 0.0784. The molecule has 1 unspecified atom stereocenters. The molecule has 0 radical (unpaired) electrons. The normalized spacial score (nSPS) is 23.1. The Hall–Kier alpha value is -3.11. The van der Waals surface area contributed by atoms with Gasteiger partial charge < -0.3 is 4.74 Å². The molecule has 0 aromatic heterocycles. The lowest BCUT2D eigenvalue weighted by molar-refractivity contribution is -0.118. The Morgan fingerprint density at radius 3 is 2.46 bits per heavy atom. The van der Waals surface area contributed by atoms with Gasteiger partial charge in [0.05, 0.1) is 17.7 Å². The molecular formula is C22H18N2O2. The molecule has 128 valence electrons. The number of benzene rings is 2. The van der Waals surface area contributed by atoms with Crippen LogP contribution in [0.15, 0.2) is 53.8 Å². The molecular weight excluding hydrogens is 324 g/mol. The summed E-state index contributed by atoms with van der Waals surface area (Å²) < 4.78 is 6.18. The Morgan fingerprint density at radius 1 is 1.04 bits per heavy atom. The van der Waals surface area contributed by atoms with Gasteiger partial charge in [0, 0.05) is 18.4 Å². The second kappa shape index (κ2) is 5.44. The van der Waals surface area contributed by atoms with E-state index in [0.29, 0.717) is 18.6 Å². The van der Waals surface area contributed by atoms with Gasteiger partial charge in [-0.25, -0.2) is 0 Å². The predicted octanol–water partition coefficient (Wildman–Crippen LogP) is 4.59. The van der Waals surface area contributed by atoms with E-state index >= 15 is 0 Å². The van der Waals surface area contributed by atoms with E-state index in [1.54, 1.807) is 0 Å². The standard InChI is InChI=1S/C22H18N2O2/c1-21(2)10-17(25)19-18(11-21)26-20(22(19,12-23)13-24)16-9-5-7-14-6-3-4-8-15(14)16/h3-9,20H,10-11H2,1-2H3. The van der Waals surface area contributed by atoms with Crippen molar-refractivity contribution in [2.24, 2.45) is 10.8 Å². The van der Waals surface area contributed by atoms with Gasteiger partial charge in [0.15, 0.2) is 11.9 Å². The van der Waals surface area contributed by atoms with Gasteiger partial charge in [0.25, 0.3) is 0 Å². The number of fused-ring (bicyclic) bond motifs is 1. The Bertz CT molecular complexity index is 1030. The number of carbonyl (C=O) groups excluding carboxylic acids is 1. The van der Waals surface area contributed by atoms with Gasteiger partial charge in [-0.05, 0) is 16.2 Å². The number of rotatable bonds is 1. The van der Waals surface area contributed by atoms with E-state index in [4.69, 9.17) is 4.74 Å². The molecule has 0 bridgehead atoms. The number of ether oxygens (including phenoxy) is 1. The quantitative estimate of drug-likeness (QED) is 0.760. The molecule has 1 heterocycles. The molecule has 0 N–H and O–H groups in total. The fraction of sp³-hybridized carbons (Fsp3) is 0.318. The van der Waals surface area contributed by atoms with E-state index < -0.39 is 11.5 Å². The van der Waals surface area contributed by atoms with Gasteiger partial charge >= 0.3 is 0 Å². The summed E-state index contributed by atoms with van der Waals surface area (Å²) in [5.41, 5.74) is -0.807. The number of carbonyl (C=O) groups is 1. The van der Waals surface area contributed by atoms with E-state index in [1.807, 2.05) is 56.3 Å². The maximum atomic E-state index is 12.8. The van der Waals surface area contributed by atoms with Crippen LogP contribution in [0, 0.1) is 33.5 Å². The van der Waals surface area contributed by atoms with Crippen LogP contribution in [0.1, 0.15) is 38.4 Å². The number of ketones is 1. The van der Waals surface area contributed by atoms with Crippen LogP contribution in [0.25, 0.3) is 10.8 Å². The Labute approximate surface area is 152 Å². The summed E-state index contributed by atoms with van der Waals surface area (Å²) in [5, 5.41) is 21.9. The number of allylic oxidation sites excluding steroid dienone is 1. The van der Waals surface area contributed by atoms with Gasteiger partial charge in [-0.3, -0.25) is 4.79 Å². The highest BCUT2D eigenvalue weighted by atomic mass is 16.5. The van der Waals surface area contributed by atoms with Crippen molar-refractivity contribution >= 4 is 16.6 Å². The molecule has 2 aromatic carbocycles. The predicted molar refractivity (Wildman–Crippen MR) is 96.5 cm³/mol. The minimum atomic E-state index is -1.60. The first-order valence-electron chi connectivity index (χ1n) is 8.65. The van der Waals surface area contributed by atoms with Gasteiger partial charge in [-0.2, -0.15) is 10.5 Å². The number of hydrogen-bond acceptors (Lipinski definition) is 4. The Kier molecular flexibility index (Phi) is 3.43. The van der Waals surface area contributed by atoms with Crippen LogP contribution in [0.3, 0.4) is 0 Å². The molecule has 0 saturated heterocycles. The molecule has 0 fully saturated rings. The van der Waals surface area contributed by atoms with Crippen molar-refractivity contribution in [3.63, 3.8) is 0 Å². The van der Waals surface area contributed by atoms with E-state index in [0.717, 1.165) is 16.3 Å². The summed E-state index contributed by atoms with van der Waals surface area (Å²) in [7, 11) is 0. The lowest BCUT2D eigenvalue weighted by Crippen LogP contribution is -2.32. The van der Waals surface area contributed by atoms with Crippen LogP contribution in [-0.4, -0.2) is 5.78 Å². The van der Waals surface area contributed by atoms with Gasteiger partial charge in [0.2, 0.25) is 5.41 Å². The number of nitriles is 2. The lowest BCUT2D eigenvalue weighted by atomic mass is 9.68. The number of hydrogen-bond donors (Lipinski definition) is 0. The van der Waals surface area contributed by atoms with Crippen molar-refractivity contribution in [1.29, 1.82) is 10.5 Å². The highest BCUT2D eigenvalue weighted by molar-refractivity contribution is 6.01. The Morgan fingerprint density at radius 2 is 1.73 bits per heavy atom. The second-order valence-corrected chi connectivity index (χ2v) is 7.84. The minimum absolute atomic E-state index is 0.151. The first-order valence-corrected chi connectivity index (χ1v) is 8.65. The summed E-state index contributed by atoms with van der Waals surface area (Å²) >= 11 is 0. The minimum Gasteiger partial charge on any atom is -0.486 e. The molecule has 4 heteroatoms. The van der Waals surface area contributed by atoms with E-state index in [9.17, 15) is 15.3 Å². The van der Waals surface area contributed by atoms with Gasteiger partial charge in [-0.1, -0.05) is 56.3 Å². The average molecular weight is 342 g/mol. The van der Waals surface area contributed by atoms with Crippen molar-refractivity contribution in [3.8, 4) is 12.1 Å². The zero-order chi connectivity index (χ0) is 18.5. The maximum Gasteiger partial charge on any atom is 0.215 e. The highest BCUT2D eigenvalue weighted by Crippen LogP contribution is 2.56. The van der Waals surface area contributed by atoms with Gasteiger partial charge in [0.1, 0.15) is 5.76 Å². The molecule has 1 aliphatic carbocycles. The molecule has 0 amide bonds. The van der Waals surface area contributed by atoms with Gasteiger partial charge in [-0.15, -0.1) is 0 Å². The van der Waals surface area contributed by atoms with Crippen LogP contribution >= 0.6 is 0 Å². The molecule has 1 aliphatic heterocycles. The third-order valence-corrected chi connectivity index (χ3v) is 5.34. The number of nitrogens with zero attached hydrogens (tertiary/aromatic N) is 2.